The molecule has 1 aromatic carbocycles. The number of piperazine rings is 1. The van der Waals surface area contributed by atoms with E-state index in [4.69, 9.17) is 23.2 Å². The SMILES string of the molecule is CC1CNC(C)(C2CC2)CN1c1ccc(Cl)c(Cl)c1. The van der Waals surface area contributed by atoms with Gasteiger partial charge in [-0.05, 0) is 50.8 Å². The predicted octanol–water partition coefficient (Wildman–Crippen LogP) is 3.96. The summed E-state index contributed by atoms with van der Waals surface area (Å²) in [6.45, 7) is 6.66. The van der Waals surface area contributed by atoms with Crippen molar-refractivity contribution in [3.8, 4) is 0 Å². The van der Waals surface area contributed by atoms with Crippen molar-refractivity contribution in [2.24, 2.45) is 5.92 Å². The summed E-state index contributed by atoms with van der Waals surface area (Å²) in [6.07, 6.45) is 2.71. The van der Waals surface area contributed by atoms with Crippen LogP contribution in [0.1, 0.15) is 26.7 Å². The molecule has 2 unspecified atom stereocenters. The van der Waals surface area contributed by atoms with Gasteiger partial charge in [-0.15, -0.1) is 0 Å². The van der Waals surface area contributed by atoms with Crippen molar-refractivity contribution in [2.45, 2.75) is 38.3 Å². The lowest BCUT2D eigenvalue weighted by Crippen LogP contribution is -2.63. The van der Waals surface area contributed by atoms with Crippen LogP contribution in [0.4, 0.5) is 5.69 Å². The number of nitrogens with one attached hydrogen (secondary N) is 1. The maximum atomic E-state index is 6.15. The minimum Gasteiger partial charge on any atom is -0.366 e. The lowest BCUT2D eigenvalue weighted by molar-refractivity contribution is 0.261. The van der Waals surface area contributed by atoms with E-state index >= 15 is 0 Å². The fraction of sp³-hybridized carbons (Fsp3) is 0.600. The van der Waals surface area contributed by atoms with Crippen LogP contribution in [0, 0.1) is 5.92 Å². The molecule has 104 valence electrons. The zero-order valence-electron chi connectivity index (χ0n) is 11.4. The summed E-state index contributed by atoms with van der Waals surface area (Å²) >= 11 is 12.2. The van der Waals surface area contributed by atoms with Gasteiger partial charge in [-0.25, -0.2) is 0 Å². The smallest absolute Gasteiger partial charge is 0.0612 e. The average Bonchev–Trinajstić information content (AvgIpc) is 3.21. The molecule has 2 atom stereocenters. The normalized spacial score (nSPS) is 31.6. The number of hydrogen-bond acceptors (Lipinski definition) is 2. The molecule has 2 aliphatic rings. The van der Waals surface area contributed by atoms with Crippen molar-refractivity contribution in [1.82, 2.24) is 5.32 Å². The van der Waals surface area contributed by atoms with E-state index in [2.05, 4.69) is 30.1 Å². The molecule has 1 saturated heterocycles. The van der Waals surface area contributed by atoms with Crippen LogP contribution in [0.15, 0.2) is 18.2 Å². The number of halogens is 2. The lowest BCUT2D eigenvalue weighted by atomic mass is 9.91. The van der Waals surface area contributed by atoms with Crippen molar-refractivity contribution in [2.75, 3.05) is 18.0 Å². The fourth-order valence-corrected chi connectivity index (χ4v) is 3.35. The first-order valence-electron chi connectivity index (χ1n) is 6.96. The Bertz CT molecular complexity index is 487. The Morgan fingerprint density at radius 2 is 2.00 bits per heavy atom. The van der Waals surface area contributed by atoms with E-state index < -0.39 is 0 Å². The average molecular weight is 299 g/mol. The lowest BCUT2D eigenvalue weighted by Gasteiger charge is -2.47. The predicted molar refractivity (Wildman–Crippen MR) is 82.4 cm³/mol. The molecule has 19 heavy (non-hydrogen) atoms. The zero-order chi connectivity index (χ0) is 13.6. The third-order valence-corrected chi connectivity index (χ3v) is 5.28. The molecule has 1 saturated carbocycles. The Kier molecular flexibility index (Phi) is 3.45. The number of anilines is 1. The summed E-state index contributed by atoms with van der Waals surface area (Å²) in [6, 6.07) is 6.43. The quantitative estimate of drug-likeness (QED) is 0.889. The molecular formula is C15H20Cl2N2. The fourth-order valence-electron chi connectivity index (χ4n) is 3.06. The van der Waals surface area contributed by atoms with Gasteiger partial charge in [0.2, 0.25) is 0 Å². The Hall–Kier alpha value is -0.440. The molecule has 1 aliphatic heterocycles. The summed E-state index contributed by atoms with van der Waals surface area (Å²) in [4.78, 5) is 2.46. The van der Waals surface area contributed by atoms with Crippen molar-refractivity contribution in [3.05, 3.63) is 28.2 Å². The molecule has 1 aromatic rings. The zero-order valence-corrected chi connectivity index (χ0v) is 12.9. The topological polar surface area (TPSA) is 15.3 Å². The Balaban J connectivity index is 1.86. The highest BCUT2D eigenvalue weighted by Crippen LogP contribution is 2.42. The molecule has 1 aliphatic carbocycles. The molecule has 0 radical (unpaired) electrons. The molecule has 3 rings (SSSR count). The minimum absolute atomic E-state index is 0.235. The molecule has 4 heteroatoms. The Labute approximate surface area is 125 Å². The highest BCUT2D eigenvalue weighted by Gasteiger charge is 2.45. The van der Waals surface area contributed by atoms with Crippen molar-refractivity contribution in [1.29, 1.82) is 0 Å². The molecule has 0 spiro atoms. The third-order valence-electron chi connectivity index (χ3n) is 4.55. The molecule has 0 amide bonds. The van der Waals surface area contributed by atoms with E-state index in [9.17, 15) is 0 Å². The molecule has 1 N–H and O–H groups in total. The van der Waals surface area contributed by atoms with Crippen molar-refractivity contribution >= 4 is 28.9 Å². The molecule has 2 fully saturated rings. The van der Waals surface area contributed by atoms with Crippen LogP contribution in [-0.2, 0) is 0 Å². The molecule has 0 bridgehead atoms. The van der Waals surface area contributed by atoms with Gasteiger partial charge in [0.1, 0.15) is 0 Å². The first-order chi connectivity index (χ1) is 8.99. The summed E-state index contributed by atoms with van der Waals surface area (Å²) in [7, 11) is 0. The Morgan fingerprint density at radius 1 is 1.26 bits per heavy atom. The van der Waals surface area contributed by atoms with Gasteiger partial charge in [-0.3, -0.25) is 0 Å². The van der Waals surface area contributed by atoms with Gasteiger partial charge in [0.05, 0.1) is 10.0 Å². The molecule has 1 heterocycles. The second-order valence-electron chi connectivity index (χ2n) is 6.15. The van der Waals surface area contributed by atoms with Gasteiger partial charge in [0, 0.05) is 30.4 Å². The van der Waals surface area contributed by atoms with Crippen LogP contribution < -0.4 is 10.2 Å². The van der Waals surface area contributed by atoms with Gasteiger partial charge in [0.15, 0.2) is 0 Å². The van der Waals surface area contributed by atoms with Crippen molar-refractivity contribution in [3.63, 3.8) is 0 Å². The highest BCUT2D eigenvalue weighted by atomic mass is 35.5. The minimum atomic E-state index is 0.235. The standard InChI is InChI=1S/C15H20Cl2N2/c1-10-8-18-15(2,11-3-4-11)9-19(10)12-5-6-13(16)14(17)7-12/h5-7,10-11,18H,3-4,8-9H2,1-2H3. The van der Waals surface area contributed by atoms with Gasteiger partial charge >= 0.3 is 0 Å². The van der Waals surface area contributed by atoms with Crippen LogP contribution in [0.5, 0.6) is 0 Å². The van der Waals surface area contributed by atoms with Crippen molar-refractivity contribution < 1.29 is 0 Å². The second kappa shape index (κ2) is 4.83. The van der Waals surface area contributed by atoms with Crippen LogP contribution in [-0.4, -0.2) is 24.7 Å². The largest absolute Gasteiger partial charge is 0.366 e. The van der Waals surface area contributed by atoms with Crippen LogP contribution >= 0.6 is 23.2 Å². The number of rotatable bonds is 2. The second-order valence-corrected chi connectivity index (χ2v) is 6.96. The molecular weight excluding hydrogens is 279 g/mol. The number of benzene rings is 1. The molecule has 2 nitrogen and oxygen atoms in total. The van der Waals surface area contributed by atoms with E-state index in [0.717, 1.165) is 19.0 Å². The van der Waals surface area contributed by atoms with E-state index in [-0.39, 0.29) is 5.54 Å². The number of hydrogen-bond donors (Lipinski definition) is 1. The first-order valence-corrected chi connectivity index (χ1v) is 7.72. The van der Waals surface area contributed by atoms with Gasteiger partial charge in [-0.1, -0.05) is 23.2 Å². The van der Waals surface area contributed by atoms with E-state index in [0.29, 0.717) is 16.1 Å². The monoisotopic (exact) mass is 298 g/mol. The molecule has 0 aromatic heterocycles. The third kappa shape index (κ3) is 2.58. The van der Waals surface area contributed by atoms with Crippen LogP contribution in [0.3, 0.4) is 0 Å². The maximum absolute atomic E-state index is 6.15. The maximum Gasteiger partial charge on any atom is 0.0612 e. The van der Waals surface area contributed by atoms with E-state index in [1.165, 1.54) is 18.5 Å². The summed E-state index contributed by atoms with van der Waals surface area (Å²) < 4.78 is 0. The van der Waals surface area contributed by atoms with E-state index in [1.807, 2.05) is 12.1 Å². The van der Waals surface area contributed by atoms with Crippen LogP contribution in [0.2, 0.25) is 10.0 Å². The van der Waals surface area contributed by atoms with Gasteiger partial charge in [-0.2, -0.15) is 0 Å². The summed E-state index contributed by atoms with van der Waals surface area (Å²) in [5.74, 6) is 0.824. The van der Waals surface area contributed by atoms with Gasteiger partial charge in [0.25, 0.3) is 0 Å². The Morgan fingerprint density at radius 3 is 2.63 bits per heavy atom. The van der Waals surface area contributed by atoms with E-state index in [1.54, 1.807) is 0 Å². The first kappa shape index (κ1) is 13.5. The number of nitrogens with zero attached hydrogens (tertiary/aromatic N) is 1. The summed E-state index contributed by atoms with van der Waals surface area (Å²) in [5, 5.41) is 4.99. The van der Waals surface area contributed by atoms with Crippen LogP contribution in [0.25, 0.3) is 0 Å². The highest BCUT2D eigenvalue weighted by molar-refractivity contribution is 6.42. The van der Waals surface area contributed by atoms with Gasteiger partial charge < -0.3 is 10.2 Å². The summed E-state index contributed by atoms with van der Waals surface area (Å²) in [5.41, 5.74) is 1.41.